The molecule has 0 saturated carbocycles. The number of benzene rings is 1. The number of amides is 1. The lowest BCUT2D eigenvalue weighted by atomic mass is 10.2. The molecule has 1 aliphatic rings. The number of fused-ring (bicyclic) bond motifs is 1. The van der Waals surface area contributed by atoms with E-state index in [9.17, 15) is 31.2 Å². The van der Waals surface area contributed by atoms with Crippen LogP contribution in [-0.2, 0) is 24.7 Å². The molecule has 0 spiro atoms. The molecule has 1 aliphatic heterocycles. The molecular formula is C16H20N4O7S2. The molecule has 29 heavy (non-hydrogen) atoms. The molecule has 1 saturated heterocycles. The van der Waals surface area contributed by atoms with Gasteiger partial charge in [0.15, 0.2) is 9.84 Å². The Hall–Kier alpha value is -2.51. The molecule has 1 amide bonds. The van der Waals surface area contributed by atoms with Gasteiger partial charge in [-0.3, -0.25) is 14.4 Å². The van der Waals surface area contributed by atoms with Crippen molar-refractivity contribution in [1.29, 1.82) is 0 Å². The van der Waals surface area contributed by atoms with Crippen LogP contribution in [-0.4, -0.2) is 67.7 Å². The van der Waals surface area contributed by atoms with E-state index in [4.69, 9.17) is 0 Å². The fourth-order valence-corrected chi connectivity index (χ4v) is 6.22. The summed E-state index contributed by atoms with van der Waals surface area (Å²) in [5, 5.41) is 2.55. The second kappa shape index (κ2) is 7.72. The topological polar surface area (TPSA) is 166 Å². The Kier molecular flexibility index (Phi) is 5.65. The van der Waals surface area contributed by atoms with Gasteiger partial charge in [0.25, 0.3) is 0 Å². The zero-order valence-electron chi connectivity index (χ0n) is 15.5. The first-order valence-electron chi connectivity index (χ1n) is 8.78. The molecule has 3 N–H and O–H groups in total. The summed E-state index contributed by atoms with van der Waals surface area (Å²) < 4.78 is 49.8. The molecule has 2 heterocycles. The summed E-state index contributed by atoms with van der Waals surface area (Å²) >= 11 is 0. The predicted molar refractivity (Wildman–Crippen MR) is 105 cm³/mol. The standard InChI is InChI=1S/C16H20N4O7S2/c1-2-20(8-14(21)17-10-5-6-28(24,25)9-10)29(26,27)11-3-4-12-13(7-11)19-16(23)15(22)18-12/h3-4,7,10H,2,5-6,8-9H2,1H3,(H,17,21)(H,18,22)(H,19,23). The average Bonchev–Trinajstić information content (AvgIpc) is 2.98. The van der Waals surface area contributed by atoms with Crippen LogP contribution in [0.5, 0.6) is 0 Å². The van der Waals surface area contributed by atoms with Gasteiger partial charge in [-0.15, -0.1) is 0 Å². The van der Waals surface area contributed by atoms with E-state index in [-0.39, 0.29) is 34.0 Å². The van der Waals surface area contributed by atoms with E-state index >= 15 is 0 Å². The molecule has 2 aromatic rings. The number of nitrogens with zero attached hydrogens (tertiary/aromatic N) is 1. The molecule has 0 aliphatic carbocycles. The van der Waals surface area contributed by atoms with Crippen molar-refractivity contribution in [1.82, 2.24) is 19.6 Å². The first kappa shape index (κ1) is 21.2. The number of sulfonamides is 1. The minimum atomic E-state index is -4.08. The normalized spacial score (nSPS) is 18.9. The minimum Gasteiger partial charge on any atom is -0.351 e. The van der Waals surface area contributed by atoms with E-state index in [1.165, 1.54) is 18.2 Å². The lowest BCUT2D eigenvalue weighted by Gasteiger charge is -2.21. The number of hydrogen-bond acceptors (Lipinski definition) is 7. The summed E-state index contributed by atoms with van der Waals surface area (Å²) in [6, 6.07) is 3.27. The summed E-state index contributed by atoms with van der Waals surface area (Å²) in [5.41, 5.74) is -1.37. The van der Waals surface area contributed by atoms with Gasteiger partial charge in [0.05, 0.1) is 34.0 Å². The Morgan fingerprint density at radius 2 is 1.86 bits per heavy atom. The van der Waals surface area contributed by atoms with E-state index < -0.39 is 49.5 Å². The van der Waals surface area contributed by atoms with Gasteiger partial charge in [-0.2, -0.15) is 4.31 Å². The highest BCUT2D eigenvalue weighted by Crippen LogP contribution is 2.19. The van der Waals surface area contributed by atoms with Gasteiger partial charge in [0.1, 0.15) is 0 Å². The van der Waals surface area contributed by atoms with Crippen LogP contribution in [0.4, 0.5) is 0 Å². The maximum Gasteiger partial charge on any atom is 0.314 e. The summed E-state index contributed by atoms with van der Waals surface area (Å²) in [4.78, 5) is 39.6. The Morgan fingerprint density at radius 1 is 1.21 bits per heavy atom. The fourth-order valence-electron chi connectivity index (χ4n) is 3.11. The highest BCUT2D eigenvalue weighted by Gasteiger charge is 2.31. The molecule has 158 valence electrons. The van der Waals surface area contributed by atoms with Gasteiger partial charge in [0.2, 0.25) is 15.9 Å². The maximum atomic E-state index is 12.9. The van der Waals surface area contributed by atoms with Gasteiger partial charge >= 0.3 is 11.1 Å². The molecule has 11 nitrogen and oxygen atoms in total. The van der Waals surface area contributed by atoms with Crippen LogP contribution in [0.1, 0.15) is 13.3 Å². The molecule has 1 aromatic heterocycles. The molecule has 1 fully saturated rings. The van der Waals surface area contributed by atoms with Gasteiger partial charge in [0, 0.05) is 12.6 Å². The Bertz CT molecular complexity index is 1280. The number of aromatic amines is 2. The lowest BCUT2D eigenvalue weighted by Crippen LogP contribution is -2.44. The number of H-pyrrole nitrogens is 2. The SMILES string of the molecule is CCN(CC(=O)NC1CCS(=O)(=O)C1)S(=O)(=O)c1ccc2[nH]c(=O)c(=O)[nH]c2c1. The van der Waals surface area contributed by atoms with Crippen molar-refractivity contribution in [3.8, 4) is 0 Å². The van der Waals surface area contributed by atoms with Crippen molar-refractivity contribution in [2.45, 2.75) is 24.3 Å². The van der Waals surface area contributed by atoms with Crippen LogP contribution in [0, 0.1) is 0 Å². The Balaban J connectivity index is 1.81. The van der Waals surface area contributed by atoms with E-state index in [0.717, 1.165) is 4.31 Å². The van der Waals surface area contributed by atoms with Gasteiger partial charge in [-0.25, -0.2) is 16.8 Å². The van der Waals surface area contributed by atoms with Crippen LogP contribution >= 0.6 is 0 Å². The average molecular weight is 444 g/mol. The van der Waals surface area contributed by atoms with E-state index in [1.807, 2.05) is 0 Å². The zero-order chi connectivity index (χ0) is 21.4. The maximum absolute atomic E-state index is 12.9. The second-order valence-corrected chi connectivity index (χ2v) is 10.9. The molecule has 0 radical (unpaired) electrons. The highest BCUT2D eigenvalue weighted by atomic mass is 32.2. The van der Waals surface area contributed by atoms with Crippen molar-refractivity contribution >= 4 is 36.8 Å². The van der Waals surface area contributed by atoms with E-state index in [0.29, 0.717) is 6.42 Å². The molecular weight excluding hydrogens is 424 g/mol. The number of hydrogen-bond donors (Lipinski definition) is 3. The molecule has 0 bridgehead atoms. The first-order chi connectivity index (χ1) is 13.5. The number of nitrogens with one attached hydrogen (secondary N) is 3. The van der Waals surface area contributed by atoms with Crippen molar-refractivity contribution in [3.05, 3.63) is 38.9 Å². The smallest absolute Gasteiger partial charge is 0.314 e. The van der Waals surface area contributed by atoms with Crippen molar-refractivity contribution in [2.75, 3.05) is 24.6 Å². The molecule has 3 rings (SSSR count). The number of aromatic nitrogens is 2. The Labute approximate surface area is 166 Å². The van der Waals surface area contributed by atoms with Crippen LogP contribution in [0.3, 0.4) is 0 Å². The van der Waals surface area contributed by atoms with E-state index in [1.54, 1.807) is 6.92 Å². The summed E-state index contributed by atoms with van der Waals surface area (Å²) in [5.74, 6) is -0.769. The third-order valence-electron chi connectivity index (χ3n) is 4.60. The van der Waals surface area contributed by atoms with Crippen molar-refractivity contribution in [2.24, 2.45) is 0 Å². The number of rotatable bonds is 6. The van der Waals surface area contributed by atoms with Crippen LogP contribution in [0.15, 0.2) is 32.7 Å². The summed E-state index contributed by atoms with van der Waals surface area (Å²) in [6.45, 7) is 1.08. The number of carbonyl (C=O) groups excluding carboxylic acids is 1. The largest absolute Gasteiger partial charge is 0.351 e. The van der Waals surface area contributed by atoms with E-state index in [2.05, 4.69) is 15.3 Å². The highest BCUT2D eigenvalue weighted by molar-refractivity contribution is 7.91. The second-order valence-electron chi connectivity index (χ2n) is 6.71. The fraction of sp³-hybridized carbons (Fsp3) is 0.438. The van der Waals surface area contributed by atoms with Crippen molar-refractivity contribution < 1.29 is 21.6 Å². The van der Waals surface area contributed by atoms with Crippen molar-refractivity contribution in [3.63, 3.8) is 0 Å². The summed E-state index contributed by atoms with van der Waals surface area (Å²) in [7, 11) is -7.25. The van der Waals surface area contributed by atoms with Crippen LogP contribution in [0.2, 0.25) is 0 Å². The minimum absolute atomic E-state index is 0.00109. The van der Waals surface area contributed by atoms with Gasteiger partial charge in [-0.1, -0.05) is 6.92 Å². The van der Waals surface area contributed by atoms with Crippen LogP contribution < -0.4 is 16.4 Å². The first-order valence-corrected chi connectivity index (χ1v) is 12.0. The number of likely N-dealkylation sites (N-methyl/N-ethyl adjacent to an activating group) is 1. The summed E-state index contributed by atoms with van der Waals surface area (Å²) in [6.07, 6.45) is 0.295. The predicted octanol–water partition coefficient (Wildman–Crippen LogP) is -1.47. The molecule has 1 atom stereocenters. The monoisotopic (exact) mass is 444 g/mol. The van der Waals surface area contributed by atoms with Gasteiger partial charge < -0.3 is 15.3 Å². The third kappa shape index (κ3) is 4.57. The third-order valence-corrected chi connectivity index (χ3v) is 8.29. The lowest BCUT2D eigenvalue weighted by molar-refractivity contribution is -0.121. The molecule has 1 unspecified atom stereocenters. The molecule has 1 aromatic carbocycles. The number of carbonyl (C=O) groups is 1. The van der Waals surface area contributed by atoms with Gasteiger partial charge in [-0.05, 0) is 24.6 Å². The Morgan fingerprint density at radius 3 is 2.45 bits per heavy atom. The quantitative estimate of drug-likeness (QED) is 0.457. The zero-order valence-corrected chi connectivity index (χ0v) is 17.1. The molecule has 13 heteroatoms. The number of sulfone groups is 1. The van der Waals surface area contributed by atoms with Crippen LogP contribution in [0.25, 0.3) is 11.0 Å².